The molecule has 2 heterocycles. The molecule has 0 bridgehead atoms. The number of nitrogen functional groups attached to an aromatic ring is 1. The smallest absolute Gasteiger partial charge is 0.255 e. The molecular formula is C12H21N5O. The lowest BCUT2D eigenvalue weighted by Crippen LogP contribution is -2.51. The van der Waals surface area contributed by atoms with Gasteiger partial charge in [-0.15, -0.1) is 0 Å². The summed E-state index contributed by atoms with van der Waals surface area (Å²) in [7, 11) is 4.22. The Hall–Kier alpha value is -1.40. The summed E-state index contributed by atoms with van der Waals surface area (Å²) in [6, 6.07) is 0.369. The zero-order chi connectivity index (χ0) is 13.3. The predicted octanol–water partition coefficient (Wildman–Crippen LogP) is -0.551. The predicted molar refractivity (Wildman–Crippen MR) is 71.6 cm³/mol. The Morgan fingerprint density at radius 2 is 2.17 bits per heavy atom. The van der Waals surface area contributed by atoms with Crippen molar-refractivity contribution in [2.24, 2.45) is 0 Å². The van der Waals surface area contributed by atoms with Crippen molar-refractivity contribution in [3.05, 3.63) is 21.7 Å². The number of H-pyrrole nitrogens is 1. The Labute approximate surface area is 107 Å². The van der Waals surface area contributed by atoms with Crippen molar-refractivity contribution in [3.63, 3.8) is 0 Å². The lowest BCUT2D eigenvalue weighted by molar-refractivity contribution is 0.113. The maximum Gasteiger partial charge on any atom is 0.255 e. The van der Waals surface area contributed by atoms with Crippen molar-refractivity contribution in [3.8, 4) is 0 Å². The number of likely N-dealkylation sites (N-methyl/N-ethyl adjacent to an activating group) is 2. The molecule has 100 valence electrons. The molecule has 6 heteroatoms. The first-order chi connectivity index (χ1) is 8.47. The highest BCUT2D eigenvalue weighted by molar-refractivity contribution is 5.36. The van der Waals surface area contributed by atoms with Gasteiger partial charge in [-0.1, -0.05) is 0 Å². The van der Waals surface area contributed by atoms with E-state index in [0.717, 1.165) is 26.1 Å². The van der Waals surface area contributed by atoms with Crippen molar-refractivity contribution < 1.29 is 0 Å². The third-order valence-corrected chi connectivity index (χ3v) is 3.65. The fourth-order valence-corrected chi connectivity index (χ4v) is 2.24. The SMILES string of the molecule is Cc1c(N)nc(CC2CN(C)CCN2C)[nH]c1=O. The van der Waals surface area contributed by atoms with Gasteiger partial charge in [0.25, 0.3) is 5.56 Å². The number of nitrogens with two attached hydrogens (primary N) is 1. The van der Waals surface area contributed by atoms with Crippen LogP contribution in [-0.2, 0) is 6.42 Å². The van der Waals surface area contributed by atoms with Gasteiger partial charge >= 0.3 is 0 Å². The summed E-state index contributed by atoms with van der Waals surface area (Å²) in [6.07, 6.45) is 0.723. The van der Waals surface area contributed by atoms with E-state index in [1.54, 1.807) is 6.92 Å². The van der Waals surface area contributed by atoms with E-state index in [-0.39, 0.29) is 5.56 Å². The van der Waals surface area contributed by atoms with Gasteiger partial charge in [0, 0.05) is 32.1 Å². The molecule has 18 heavy (non-hydrogen) atoms. The Bertz CT molecular complexity index is 484. The summed E-state index contributed by atoms with van der Waals surface area (Å²) in [5.41, 5.74) is 6.09. The second kappa shape index (κ2) is 5.07. The average Bonchev–Trinajstić information content (AvgIpc) is 2.31. The fraction of sp³-hybridized carbons (Fsp3) is 0.667. The molecule has 2 rings (SSSR count). The summed E-state index contributed by atoms with van der Waals surface area (Å²) >= 11 is 0. The molecule has 0 radical (unpaired) electrons. The second-order valence-corrected chi connectivity index (χ2v) is 5.12. The Morgan fingerprint density at radius 3 is 2.83 bits per heavy atom. The van der Waals surface area contributed by atoms with Crippen LogP contribution in [0.15, 0.2) is 4.79 Å². The van der Waals surface area contributed by atoms with Gasteiger partial charge in [0.2, 0.25) is 0 Å². The number of aromatic amines is 1. The molecule has 0 saturated carbocycles. The van der Waals surface area contributed by atoms with Crippen molar-refractivity contribution in [1.82, 2.24) is 19.8 Å². The second-order valence-electron chi connectivity index (χ2n) is 5.12. The lowest BCUT2D eigenvalue weighted by Gasteiger charge is -2.37. The highest BCUT2D eigenvalue weighted by Crippen LogP contribution is 2.10. The van der Waals surface area contributed by atoms with E-state index >= 15 is 0 Å². The molecular weight excluding hydrogens is 230 g/mol. The quantitative estimate of drug-likeness (QED) is 0.737. The molecule has 1 aromatic rings. The van der Waals surface area contributed by atoms with Crippen molar-refractivity contribution in [2.45, 2.75) is 19.4 Å². The van der Waals surface area contributed by atoms with Gasteiger partial charge in [-0.2, -0.15) is 0 Å². The van der Waals surface area contributed by atoms with Gasteiger partial charge in [0.05, 0.1) is 5.56 Å². The number of aromatic nitrogens is 2. The van der Waals surface area contributed by atoms with Crippen LogP contribution in [0.25, 0.3) is 0 Å². The molecule has 0 spiro atoms. The normalized spacial score (nSPS) is 22.3. The summed E-state index contributed by atoms with van der Waals surface area (Å²) in [5.74, 6) is 1.01. The first-order valence-electron chi connectivity index (χ1n) is 6.21. The van der Waals surface area contributed by atoms with Gasteiger partial charge in [-0.25, -0.2) is 4.98 Å². The zero-order valence-electron chi connectivity index (χ0n) is 11.2. The topological polar surface area (TPSA) is 78.2 Å². The maximum atomic E-state index is 11.6. The highest BCUT2D eigenvalue weighted by atomic mass is 16.1. The zero-order valence-corrected chi connectivity index (χ0v) is 11.2. The van der Waals surface area contributed by atoms with Gasteiger partial charge in [-0.3, -0.25) is 4.79 Å². The monoisotopic (exact) mass is 251 g/mol. The summed E-state index contributed by atoms with van der Waals surface area (Å²) in [6.45, 7) is 4.78. The van der Waals surface area contributed by atoms with E-state index in [9.17, 15) is 4.79 Å². The van der Waals surface area contributed by atoms with Crippen LogP contribution in [-0.4, -0.2) is 59.5 Å². The van der Waals surface area contributed by atoms with Crippen LogP contribution < -0.4 is 11.3 Å². The molecule has 1 atom stereocenters. The van der Waals surface area contributed by atoms with Crippen molar-refractivity contribution in [2.75, 3.05) is 39.5 Å². The number of rotatable bonds is 2. The molecule has 1 aliphatic heterocycles. The van der Waals surface area contributed by atoms with Crippen LogP contribution in [0.3, 0.4) is 0 Å². The van der Waals surface area contributed by atoms with E-state index in [4.69, 9.17) is 5.73 Å². The van der Waals surface area contributed by atoms with Crippen LogP contribution in [0.5, 0.6) is 0 Å². The summed E-state index contributed by atoms with van der Waals surface area (Å²) < 4.78 is 0. The van der Waals surface area contributed by atoms with E-state index < -0.39 is 0 Å². The lowest BCUT2D eigenvalue weighted by atomic mass is 10.1. The van der Waals surface area contributed by atoms with Crippen LogP contribution in [0.1, 0.15) is 11.4 Å². The number of nitrogens with one attached hydrogen (secondary N) is 1. The molecule has 6 nitrogen and oxygen atoms in total. The molecule has 1 unspecified atom stereocenters. The molecule has 1 fully saturated rings. The number of nitrogens with zero attached hydrogens (tertiary/aromatic N) is 3. The van der Waals surface area contributed by atoms with Gasteiger partial charge in [0.15, 0.2) is 0 Å². The van der Waals surface area contributed by atoms with E-state index in [1.165, 1.54) is 0 Å². The highest BCUT2D eigenvalue weighted by Gasteiger charge is 2.23. The summed E-state index contributed by atoms with van der Waals surface area (Å²) in [4.78, 5) is 23.3. The molecule has 0 amide bonds. The van der Waals surface area contributed by atoms with Crippen LogP contribution in [0.4, 0.5) is 5.82 Å². The third-order valence-electron chi connectivity index (χ3n) is 3.65. The van der Waals surface area contributed by atoms with E-state index in [1.807, 2.05) is 0 Å². The number of piperazine rings is 1. The maximum absolute atomic E-state index is 11.6. The molecule has 0 aliphatic carbocycles. The Kier molecular flexibility index (Phi) is 3.68. The van der Waals surface area contributed by atoms with Gasteiger partial charge in [-0.05, 0) is 21.0 Å². The minimum atomic E-state index is -0.135. The Balaban J connectivity index is 2.16. The van der Waals surface area contributed by atoms with Gasteiger partial charge in [0.1, 0.15) is 11.6 Å². The minimum Gasteiger partial charge on any atom is -0.383 e. The molecule has 3 N–H and O–H groups in total. The third kappa shape index (κ3) is 2.70. The fourth-order valence-electron chi connectivity index (χ4n) is 2.24. The number of hydrogen-bond donors (Lipinski definition) is 2. The van der Waals surface area contributed by atoms with Crippen LogP contribution in [0, 0.1) is 6.92 Å². The molecule has 1 saturated heterocycles. The number of hydrogen-bond acceptors (Lipinski definition) is 5. The van der Waals surface area contributed by atoms with E-state index in [0.29, 0.717) is 23.2 Å². The standard InChI is InChI=1S/C12H21N5O/c1-8-11(13)14-10(15-12(8)18)6-9-7-16(2)4-5-17(9)3/h9H,4-7H2,1-3H3,(H3,13,14,15,18). The number of anilines is 1. The van der Waals surface area contributed by atoms with Crippen molar-refractivity contribution in [1.29, 1.82) is 0 Å². The van der Waals surface area contributed by atoms with Crippen LogP contribution >= 0.6 is 0 Å². The van der Waals surface area contributed by atoms with Crippen LogP contribution in [0.2, 0.25) is 0 Å². The van der Waals surface area contributed by atoms with Gasteiger partial charge < -0.3 is 20.5 Å². The first-order valence-corrected chi connectivity index (χ1v) is 6.21. The van der Waals surface area contributed by atoms with Crippen molar-refractivity contribution >= 4 is 5.82 Å². The molecule has 1 aromatic heterocycles. The largest absolute Gasteiger partial charge is 0.383 e. The van der Waals surface area contributed by atoms with E-state index in [2.05, 4.69) is 33.9 Å². The molecule has 1 aliphatic rings. The Morgan fingerprint density at radius 1 is 1.44 bits per heavy atom. The molecule has 0 aromatic carbocycles. The minimum absolute atomic E-state index is 0.135. The summed E-state index contributed by atoms with van der Waals surface area (Å²) in [5, 5.41) is 0. The average molecular weight is 251 g/mol. The first kappa shape index (κ1) is 13.0.